The van der Waals surface area contributed by atoms with Gasteiger partial charge in [0.15, 0.2) is 0 Å². The Bertz CT molecular complexity index is 823. The van der Waals surface area contributed by atoms with E-state index in [4.69, 9.17) is 0 Å². The van der Waals surface area contributed by atoms with Crippen molar-refractivity contribution in [1.82, 2.24) is 0 Å². The molecule has 186 valence electrons. The van der Waals surface area contributed by atoms with Gasteiger partial charge >= 0.3 is 24.3 Å². The molecule has 0 amide bonds. The molecule has 14 heteroatoms. The molecule has 2 rings (SSSR count). The van der Waals surface area contributed by atoms with Gasteiger partial charge in [0.25, 0.3) is 11.6 Å². The van der Waals surface area contributed by atoms with Crippen LogP contribution in [0, 0.1) is 17.7 Å². The molecule has 1 aromatic carbocycles. The van der Waals surface area contributed by atoms with Gasteiger partial charge in [0, 0.05) is 5.92 Å². The maximum absolute atomic E-state index is 13.9. The molecule has 1 saturated heterocycles. The zero-order chi connectivity index (χ0) is 25.4. The van der Waals surface area contributed by atoms with Gasteiger partial charge in [-0.3, -0.25) is 9.59 Å². The van der Waals surface area contributed by atoms with Gasteiger partial charge in [-0.25, -0.2) is 4.39 Å². The first-order valence-electron chi connectivity index (χ1n) is 9.42. The second kappa shape index (κ2) is 9.06. The molecule has 1 fully saturated rings. The summed E-state index contributed by atoms with van der Waals surface area (Å²) in [5.74, 6) is -23.3. The highest BCUT2D eigenvalue weighted by Gasteiger charge is 2.80. The number of esters is 2. The molecule has 0 aromatic heterocycles. The summed E-state index contributed by atoms with van der Waals surface area (Å²) in [5, 5.41) is 20.7. The summed E-state index contributed by atoms with van der Waals surface area (Å²) in [5.41, 5.74) is -0.638. The number of carbonyl (C=O) groups excluding carboxylic acids is 2. The van der Waals surface area contributed by atoms with Crippen LogP contribution in [0.1, 0.15) is 25.3 Å². The van der Waals surface area contributed by atoms with E-state index < -0.39 is 78.2 Å². The van der Waals surface area contributed by atoms with E-state index in [-0.39, 0.29) is 0 Å². The van der Waals surface area contributed by atoms with Gasteiger partial charge in [0.2, 0.25) is 0 Å². The molecule has 33 heavy (non-hydrogen) atoms. The Morgan fingerprint density at radius 3 is 1.55 bits per heavy atom. The maximum atomic E-state index is 13.9. The number of hydrogen-bond donors (Lipinski definition) is 2. The fraction of sp³-hybridized carbons (Fsp3) is 0.579. The summed E-state index contributed by atoms with van der Waals surface area (Å²) in [6.07, 6.45) is -12.2. The molecule has 2 N–H and O–H groups in total. The van der Waals surface area contributed by atoms with Crippen LogP contribution in [0.25, 0.3) is 0 Å². The van der Waals surface area contributed by atoms with Crippen LogP contribution in [-0.4, -0.2) is 59.3 Å². The van der Waals surface area contributed by atoms with Crippen LogP contribution in [0.2, 0.25) is 0 Å². The number of aliphatic hydroxyl groups is 2. The molecule has 0 bridgehead atoms. The standard InChI is InChI=1S/C19H19F7O7/c1-3-31-14(27)12-11(9-5-7-10(20)8-6-9)13(15(28)32-4-2)17(30,19(24,25)26)33-16(12,29)18(21,22)23/h5-8,11-13,29-30H,3-4H2,1-2H3. The van der Waals surface area contributed by atoms with Crippen LogP contribution in [0.3, 0.4) is 0 Å². The van der Waals surface area contributed by atoms with Crippen molar-refractivity contribution in [1.29, 1.82) is 0 Å². The van der Waals surface area contributed by atoms with E-state index in [2.05, 4.69) is 14.2 Å². The van der Waals surface area contributed by atoms with Gasteiger partial charge in [-0.15, -0.1) is 0 Å². The average Bonchev–Trinajstić information content (AvgIpc) is 2.66. The minimum absolute atomic E-state index is 0.562. The molecule has 0 radical (unpaired) electrons. The van der Waals surface area contributed by atoms with E-state index in [1.54, 1.807) is 0 Å². The zero-order valence-electron chi connectivity index (χ0n) is 17.0. The van der Waals surface area contributed by atoms with Gasteiger partial charge in [0.1, 0.15) is 17.7 Å². The molecule has 4 atom stereocenters. The largest absolute Gasteiger partial charge is 0.466 e. The zero-order valence-corrected chi connectivity index (χ0v) is 17.0. The number of benzene rings is 1. The molecule has 1 heterocycles. The van der Waals surface area contributed by atoms with E-state index in [9.17, 15) is 50.5 Å². The Morgan fingerprint density at radius 2 is 1.24 bits per heavy atom. The Hall–Kier alpha value is -2.45. The number of halogens is 7. The first-order valence-corrected chi connectivity index (χ1v) is 9.42. The lowest BCUT2D eigenvalue weighted by Crippen LogP contribution is -2.73. The number of ether oxygens (including phenoxy) is 3. The van der Waals surface area contributed by atoms with Crippen LogP contribution >= 0.6 is 0 Å². The number of alkyl halides is 6. The molecular weight excluding hydrogens is 473 g/mol. The van der Waals surface area contributed by atoms with Crippen molar-refractivity contribution in [2.24, 2.45) is 11.8 Å². The number of hydrogen-bond acceptors (Lipinski definition) is 7. The second-order valence-electron chi connectivity index (χ2n) is 7.03. The maximum Gasteiger partial charge on any atom is 0.444 e. The highest BCUT2D eigenvalue weighted by molar-refractivity contribution is 5.81. The fourth-order valence-corrected chi connectivity index (χ4v) is 3.66. The average molecular weight is 492 g/mol. The summed E-state index contributed by atoms with van der Waals surface area (Å²) in [4.78, 5) is 25.1. The normalized spacial score (nSPS) is 30.6. The topological polar surface area (TPSA) is 102 Å². The van der Waals surface area contributed by atoms with Gasteiger partial charge in [-0.1, -0.05) is 12.1 Å². The summed E-state index contributed by atoms with van der Waals surface area (Å²) < 4.78 is 110. The molecule has 1 aliphatic heterocycles. The van der Waals surface area contributed by atoms with E-state index in [1.807, 2.05) is 0 Å². The fourth-order valence-electron chi connectivity index (χ4n) is 3.66. The molecule has 4 unspecified atom stereocenters. The summed E-state index contributed by atoms with van der Waals surface area (Å²) in [7, 11) is 0. The van der Waals surface area contributed by atoms with Crippen molar-refractivity contribution in [3.8, 4) is 0 Å². The smallest absolute Gasteiger partial charge is 0.444 e. The Morgan fingerprint density at radius 1 is 0.879 bits per heavy atom. The first kappa shape index (κ1) is 26.8. The van der Waals surface area contributed by atoms with Crippen LogP contribution in [0.4, 0.5) is 30.7 Å². The SMILES string of the molecule is CCOC(=O)C1C(c2ccc(F)cc2)C(C(=O)OCC)C(O)(C(F)(F)F)OC1(O)C(F)(F)F. The van der Waals surface area contributed by atoms with Crippen LogP contribution < -0.4 is 0 Å². The van der Waals surface area contributed by atoms with E-state index in [0.29, 0.717) is 24.3 Å². The predicted molar refractivity (Wildman–Crippen MR) is 92.5 cm³/mol. The molecule has 0 spiro atoms. The van der Waals surface area contributed by atoms with Crippen molar-refractivity contribution < 1.29 is 64.7 Å². The lowest BCUT2D eigenvalue weighted by Gasteiger charge is -2.53. The third kappa shape index (κ3) is 4.64. The van der Waals surface area contributed by atoms with E-state index in [0.717, 1.165) is 13.8 Å². The van der Waals surface area contributed by atoms with Gasteiger partial charge in [-0.05, 0) is 31.5 Å². The van der Waals surface area contributed by atoms with Crippen LogP contribution in [-0.2, 0) is 23.8 Å². The van der Waals surface area contributed by atoms with Crippen LogP contribution in [0.5, 0.6) is 0 Å². The Labute approximate surface area is 182 Å². The van der Waals surface area contributed by atoms with Crippen molar-refractivity contribution in [2.45, 2.75) is 43.7 Å². The lowest BCUT2D eigenvalue weighted by molar-refractivity contribution is -0.507. The van der Waals surface area contributed by atoms with Crippen molar-refractivity contribution in [3.05, 3.63) is 35.6 Å². The molecule has 1 aliphatic rings. The quantitative estimate of drug-likeness (QED) is 0.482. The summed E-state index contributed by atoms with van der Waals surface area (Å²) in [6.45, 7) is 1.20. The Kier molecular flexibility index (Phi) is 7.36. The van der Waals surface area contributed by atoms with Gasteiger partial charge < -0.3 is 24.4 Å². The third-order valence-corrected chi connectivity index (χ3v) is 5.02. The number of rotatable bonds is 5. The van der Waals surface area contributed by atoms with E-state index >= 15 is 0 Å². The van der Waals surface area contributed by atoms with Gasteiger partial charge in [-0.2, -0.15) is 26.3 Å². The third-order valence-electron chi connectivity index (χ3n) is 5.02. The Balaban J connectivity index is 2.95. The summed E-state index contributed by atoms with van der Waals surface area (Å²) in [6, 6.07) is 2.65. The highest BCUT2D eigenvalue weighted by Crippen LogP contribution is 2.59. The summed E-state index contributed by atoms with van der Waals surface area (Å²) >= 11 is 0. The molecule has 1 aromatic rings. The van der Waals surface area contributed by atoms with Crippen molar-refractivity contribution in [3.63, 3.8) is 0 Å². The first-order chi connectivity index (χ1) is 15.0. The van der Waals surface area contributed by atoms with E-state index in [1.165, 1.54) is 0 Å². The monoisotopic (exact) mass is 492 g/mol. The lowest BCUT2D eigenvalue weighted by atomic mass is 9.67. The second-order valence-corrected chi connectivity index (χ2v) is 7.03. The minimum Gasteiger partial charge on any atom is -0.466 e. The van der Waals surface area contributed by atoms with Crippen molar-refractivity contribution >= 4 is 11.9 Å². The van der Waals surface area contributed by atoms with Crippen molar-refractivity contribution in [2.75, 3.05) is 13.2 Å². The minimum atomic E-state index is -6.10. The predicted octanol–water partition coefficient (Wildman–Crippen LogP) is 2.80. The molecular formula is C19H19F7O7. The molecule has 0 aliphatic carbocycles. The molecule has 7 nitrogen and oxygen atoms in total. The number of carbonyl (C=O) groups is 2. The molecule has 0 saturated carbocycles. The van der Waals surface area contributed by atoms with Crippen LogP contribution in [0.15, 0.2) is 24.3 Å². The highest BCUT2D eigenvalue weighted by atomic mass is 19.4. The van der Waals surface area contributed by atoms with Gasteiger partial charge in [0.05, 0.1) is 13.2 Å².